The van der Waals surface area contributed by atoms with Gasteiger partial charge in [-0.3, -0.25) is 0 Å². The molecule has 2 N–H and O–H groups in total. The molecule has 1 rings (SSSR count). The van der Waals surface area contributed by atoms with Gasteiger partial charge in [-0.25, -0.2) is 9.18 Å². The number of methoxy groups -OCH3 is 1. The summed E-state index contributed by atoms with van der Waals surface area (Å²) in [5.74, 6) is -0.237. The SMILES string of the molecule is CCCNC(=O)N[C@@H](C)c1ccc(F)c(OC)c1. The zero-order valence-electron chi connectivity index (χ0n) is 10.9. The molecular weight excluding hydrogens is 235 g/mol. The van der Waals surface area contributed by atoms with Gasteiger partial charge in [0.2, 0.25) is 0 Å². The summed E-state index contributed by atoms with van der Waals surface area (Å²) < 4.78 is 18.1. The van der Waals surface area contributed by atoms with Gasteiger partial charge in [-0.1, -0.05) is 13.0 Å². The first-order valence-corrected chi connectivity index (χ1v) is 5.96. The normalized spacial score (nSPS) is 11.8. The fourth-order valence-corrected chi connectivity index (χ4v) is 1.52. The Balaban J connectivity index is 2.66. The third kappa shape index (κ3) is 3.91. The van der Waals surface area contributed by atoms with Crippen LogP contribution in [0.2, 0.25) is 0 Å². The van der Waals surface area contributed by atoms with Crippen LogP contribution < -0.4 is 15.4 Å². The zero-order chi connectivity index (χ0) is 13.5. The minimum absolute atomic E-state index is 0.176. The number of urea groups is 1. The van der Waals surface area contributed by atoms with Crippen molar-refractivity contribution in [3.8, 4) is 5.75 Å². The minimum Gasteiger partial charge on any atom is -0.494 e. The van der Waals surface area contributed by atoms with E-state index in [1.54, 1.807) is 12.1 Å². The Kier molecular flexibility index (Phi) is 5.42. The minimum atomic E-state index is -0.413. The molecule has 4 nitrogen and oxygen atoms in total. The molecule has 0 fully saturated rings. The van der Waals surface area contributed by atoms with Crippen molar-refractivity contribution in [2.75, 3.05) is 13.7 Å². The number of amides is 2. The van der Waals surface area contributed by atoms with Gasteiger partial charge in [0.15, 0.2) is 11.6 Å². The molecule has 100 valence electrons. The smallest absolute Gasteiger partial charge is 0.315 e. The lowest BCUT2D eigenvalue weighted by Gasteiger charge is -2.15. The molecule has 5 heteroatoms. The van der Waals surface area contributed by atoms with Crippen LogP contribution in [0.15, 0.2) is 18.2 Å². The van der Waals surface area contributed by atoms with E-state index in [0.717, 1.165) is 12.0 Å². The number of hydrogen-bond acceptors (Lipinski definition) is 2. The zero-order valence-corrected chi connectivity index (χ0v) is 10.9. The van der Waals surface area contributed by atoms with Gasteiger partial charge in [-0.15, -0.1) is 0 Å². The lowest BCUT2D eigenvalue weighted by Crippen LogP contribution is -2.37. The van der Waals surface area contributed by atoms with Crippen molar-refractivity contribution in [2.24, 2.45) is 0 Å². The number of halogens is 1. The molecule has 0 unspecified atom stereocenters. The Hall–Kier alpha value is -1.78. The van der Waals surface area contributed by atoms with E-state index in [9.17, 15) is 9.18 Å². The van der Waals surface area contributed by atoms with Crippen LogP contribution in [0.3, 0.4) is 0 Å². The van der Waals surface area contributed by atoms with Gasteiger partial charge in [0.05, 0.1) is 13.2 Å². The summed E-state index contributed by atoms with van der Waals surface area (Å²) >= 11 is 0. The number of carbonyl (C=O) groups excluding carboxylic acids is 1. The molecule has 1 atom stereocenters. The molecule has 0 aromatic heterocycles. The standard InChI is InChI=1S/C13H19FN2O2/c1-4-7-15-13(17)16-9(2)10-5-6-11(14)12(8-10)18-3/h5-6,8-9H,4,7H2,1-3H3,(H2,15,16,17)/t9-/m0/s1. The van der Waals surface area contributed by atoms with Gasteiger partial charge in [0.25, 0.3) is 0 Å². The second-order valence-electron chi connectivity index (χ2n) is 4.02. The van der Waals surface area contributed by atoms with Gasteiger partial charge in [-0.2, -0.15) is 0 Å². The molecule has 0 aliphatic rings. The van der Waals surface area contributed by atoms with Crippen molar-refractivity contribution in [1.29, 1.82) is 0 Å². The summed E-state index contributed by atoms with van der Waals surface area (Å²) in [7, 11) is 1.41. The van der Waals surface area contributed by atoms with E-state index in [0.29, 0.717) is 6.54 Å². The van der Waals surface area contributed by atoms with Crippen molar-refractivity contribution in [1.82, 2.24) is 10.6 Å². The third-order valence-corrected chi connectivity index (χ3v) is 2.56. The lowest BCUT2D eigenvalue weighted by atomic mass is 10.1. The first-order valence-electron chi connectivity index (χ1n) is 5.96. The van der Waals surface area contributed by atoms with Crippen LogP contribution in [0.4, 0.5) is 9.18 Å². The van der Waals surface area contributed by atoms with Crippen LogP contribution in [0.25, 0.3) is 0 Å². The monoisotopic (exact) mass is 254 g/mol. The number of ether oxygens (including phenoxy) is 1. The van der Waals surface area contributed by atoms with Gasteiger partial charge < -0.3 is 15.4 Å². The van der Waals surface area contributed by atoms with Crippen LogP contribution in [0.1, 0.15) is 31.9 Å². The topological polar surface area (TPSA) is 50.4 Å². The molecule has 0 aliphatic carbocycles. The molecule has 0 radical (unpaired) electrons. The maximum Gasteiger partial charge on any atom is 0.315 e. The maximum absolute atomic E-state index is 13.2. The van der Waals surface area contributed by atoms with E-state index >= 15 is 0 Å². The summed E-state index contributed by atoms with van der Waals surface area (Å²) in [6.45, 7) is 4.44. The molecule has 1 aromatic carbocycles. The Bertz CT molecular complexity index is 410. The van der Waals surface area contributed by atoms with E-state index in [-0.39, 0.29) is 17.8 Å². The van der Waals surface area contributed by atoms with Crippen LogP contribution >= 0.6 is 0 Å². The van der Waals surface area contributed by atoms with E-state index in [1.807, 2.05) is 13.8 Å². The molecule has 0 heterocycles. The number of nitrogens with one attached hydrogen (secondary N) is 2. The van der Waals surface area contributed by atoms with Crippen LogP contribution in [0.5, 0.6) is 5.75 Å². The molecule has 0 saturated heterocycles. The molecule has 1 aromatic rings. The Morgan fingerprint density at radius 1 is 1.50 bits per heavy atom. The average molecular weight is 254 g/mol. The fourth-order valence-electron chi connectivity index (χ4n) is 1.52. The van der Waals surface area contributed by atoms with E-state index in [4.69, 9.17) is 4.74 Å². The Morgan fingerprint density at radius 3 is 2.83 bits per heavy atom. The highest BCUT2D eigenvalue weighted by Crippen LogP contribution is 2.22. The fraction of sp³-hybridized carbons (Fsp3) is 0.462. The number of benzene rings is 1. The number of rotatable bonds is 5. The quantitative estimate of drug-likeness (QED) is 0.848. The average Bonchev–Trinajstić information content (AvgIpc) is 2.36. The summed E-state index contributed by atoms with van der Waals surface area (Å²) in [6, 6.07) is 4.10. The van der Waals surface area contributed by atoms with Crippen molar-refractivity contribution in [3.63, 3.8) is 0 Å². The highest BCUT2D eigenvalue weighted by Gasteiger charge is 2.11. The van der Waals surface area contributed by atoms with Crippen LogP contribution in [-0.2, 0) is 0 Å². The lowest BCUT2D eigenvalue weighted by molar-refractivity contribution is 0.238. The first kappa shape index (κ1) is 14.3. The highest BCUT2D eigenvalue weighted by atomic mass is 19.1. The van der Waals surface area contributed by atoms with Crippen molar-refractivity contribution < 1.29 is 13.9 Å². The van der Waals surface area contributed by atoms with E-state index < -0.39 is 5.82 Å². The Labute approximate surface area is 107 Å². The van der Waals surface area contributed by atoms with Crippen molar-refractivity contribution in [3.05, 3.63) is 29.6 Å². The predicted octanol–water partition coefficient (Wildman–Crippen LogP) is 2.60. The van der Waals surface area contributed by atoms with E-state index in [1.165, 1.54) is 13.2 Å². The molecule has 0 aliphatic heterocycles. The van der Waals surface area contributed by atoms with Gasteiger partial charge in [-0.05, 0) is 31.0 Å². The molecule has 0 saturated carbocycles. The maximum atomic E-state index is 13.2. The second kappa shape index (κ2) is 6.83. The third-order valence-electron chi connectivity index (χ3n) is 2.56. The first-order chi connectivity index (χ1) is 8.58. The van der Waals surface area contributed by atoms with Crippen molar-refractivity contribution >= 4 is 6.03 Å². The second-order valence-corrected chi connectivity index (χ2v) is 4.02. The largest absolute Gasteiger partial charge is 0.494 e. The summed E-state index contributed by atoms with van der Waals surface area (Å²) in [4.78, 5) is 11.5. The van der Waals surface area contributed by atoms with E-state index in [2.05, 4.69) is 10.6 Å². The number of hydrogen-bond donors (Lipinski definition) is 2. The molecular formula is C13H19FN2O2. The van der Waals surface area contributed by atoms with Crippen LogP contribution in [0, 0.1) is 5.82 Å². The van der Waals surface area contributed by atoms with Gasteiger partial charge in [0.1, 0.15) is 0 Å². The number of carbonyl (C=O) groups is 1. The van der Waals surface area contributed by atoms with Crippen molar-refractivity contribution in [2.45, 2.75) is 26.3 Å². The summed E-state index contributed by atoms with van der Waals surface area (Å²) in [6.07, 6.45) is 0.881. The van der Waals surface area contributed by atoms with Gasteiger partial charge in [0, 0.05) is 6.54 Å². The van der Waals surface area contributed by atoms with Gasteiger partial charge >= 0.3 is 6.03 Å². The molecule has 0 spiro atoms. The highest BCUT2D eigenvalue weighted by molar-refractivity contribution is 5.74. The molecule has 2 amide bonds. The molecule has 0 bridgehead atoms. The summed E-state index contributed by atoms with van der Waals surface area (Å²) in [5, 5.41) is 5.49. The summed E-state index contributed by atoms with van der Waals surface area (Å²) in [5.41, 5.74) is 0.792. The molecule has 18 heavy (non-hydrogen) atoms. The Morgan fingerprint density at radius 2 is 2.22 bits per heavy atom. The van der Waals surface area contributed by atoms with Crippen LogP contribution in [-0.4, -0.2) is 19.7 Å². The predicted molar refractivity (Wildman–Crippen MR) is 68.2 cm³/mol.